The lowest BCUT2D eigenvalue weighted by Gasteiger charge is -2.12. The van der Waals surface area contributed by atoms with E-state index in [9.17, 15) is 9.59 Å². The van der Waals surface area contributed by atoms with Gasteiger partial charge in [-0.25, -0.2) is 0 Å². The van der Waals surface area contributed by atoms with E-state index < -0.39 is 0 Å². The van der Waals surface area contributed by atoms with Crippen LogP contribution in [-0.2, 0) is 16.1 Å². The van der Waals surface area contributed by atoms with Crippen molar-refractivity contribution < 1.29 is 14.3 Å². The third-order valence-corrected chi connectivity index (χ3v) is 3.29. The second-order valence-electron chi connectivity index (χ2n) is 5.17. The molecule has 5 nitrogen and oxygen atoms in total. The topological polar surface area (TPSA) is 67.4 Å². The highest BCUT2D eigenvalue weighted by molar-refractivity contribution is 5.90. The number of nitrogens with one attached hydrogen (secondary N) is 2. The molecule has 0 aromatic heterocycles. The van der Waals surface area contributed by atoms with E-state index in [-0.39, 0.29) is 18.4 Å². The van der Waals surface area contributed by atoms with Crippen LogP contribution in [0.3, 0.4) is 0 Å². The Balaban J connectivity index is 1.87. The molecular weight excluding hydrogens is 292 g/mol. The van der Waals surface area contributed by atoms with Gasteiger partial charge in [0.05, 0.1) is 5.69 Å². The van der Waals surface area contributed by atoms with E-state index in [1.54, 1.807) is 24.3 Å². The van der Waals surface area contributed by atoms with Crippen molar-refractivity contribution >= 4 is 17.5 Å². The predicted molar refractivity (Wildman–Crippen MR) is 89.3 cm³/mol. The number of carbonyl (C=O) groups is 2. The summed E-state index contributed by atoms with van der Waals surface area (Å²) in [7, 11) is 0. The highest BCUT2D eigenvalue weighted by atomic mass is 16.5. The van der Waals surface area contributed by atoms with Crippen LogP contribution in [0.15, 0.2) is 48.5 Å². The molecule has 0 fully saturated rings. The van der Waals surface area contributed by atoms with Crippen molar-refractivity contribution in [1.29, 1.82) is 0 Å². The standard InChI is InChI=1S/C18H20N2O3/c1-13-7-3-4-8-15(13)11-19-18(22)12-23-17-10-6-5-9-16(17)20-14(2)21/h3-10H,11-12H2,1-2H3,(H,19,22)(H,20,21). The van der Waals surface area contributed by atoms with Crippen LogP contribution in [0, 0.1) is 6.92 Å². The van der Waals surface area contributed by atoms with Gasteiger partial charge in [-0.2, -0.15) is 0 Å². The number of hydrogen-bond acceptors (Lipinski definition) is 3. The van der Waals surface area contributed by atoms with Crippen LogP contribution >= 0.6 is 0 Å². The van der Waals surface area contributed by atoms with Crippen molar-refractivity contribution in [3.05, 3.63) is 59.7 Å². The second kappa shape index (κ2) is 7.98. The van der Waals surface area contributed by atoms with E-state index in [0.29, 0.717) is 18.0 Å². The molecule has 2 aromatic carbocycles. The Bertz CT molecular complexity index is 698. The number of anilines is 1. The van der Waals surface area contributed by atoms with Crippen LogP contribution < -0.4 is 15.4 Å². The monoisotopic (exact) mass is 312 g/mol. The van der Waals surface area contributed by atoms with E-state index in [1.807, 2.05) is 31.2 Å². The predicted octanol–water partition coefficient (Wildman–Crippen LogP) is 2.65. The molecule has 0 radical (unpaired) electrons. The molecule has 2 N–H and O–H groups in total. The molecule has 0 atom stereocenters. The van der Waals surface area contributed by atoms with Gasteiger partial charge in [0, 0.05) is 13.5 Å². The normalized spacial score (nSPS) is 10.0. The Morgan fingerprint density at radius 2 is 1.74 bits per heavy atom. The zero-order chi connectivity index (χ0) is 16.7. The maximum Gasteiger partial charge on any atom is 0.258 e. The van der Waals surface area contributed by atoms with Gasteiger partial charge in [0.25, 0.3) is 5.91 Å². The third-order valence-electron chi connectivity index (χ3n) is 3.29. The molecule has 2 rings (SSSR count). The van der Waals surface area contributed by atoms with Crippen molar-refractivity contribution in [2.75, 3.05) is 11.9 Å². The average Bonchev–Trinajstić information content (AvgIpc) is 2.53. The number of rotatable bonds is 6. The van der Waals surface area contributed by atoms with Crippen LogP contribution in [-0.4, -0.2) is 18.4 Å². The molecule has 0 aliphatic heterocycles. The second-order valence-corrected chi connectivity index (χ2v) is 5.17. The van der Waals surface area contributed by atoms with Gasteiger partial charge in [-0.3, -0.25) is 9.59 Å². The first-order chi connectivity index (χ1) is 11.1. The summed E-state index contributed by atoms with van der Waals surface area (Å²) in [5.74, 6) is 0.0599. The Morgan fingerprint density at radius 3 is 2.48 bits per heavy atom. The minimum atomic E-state index is -0.217. The summed E-state index contributed by atoms with van der Waals surface area (Å²) in [5, 5.41) is 5.49. The Labute approximate surface area is 135 Å². The maximum absolute atomic E-state index is 11.9. The van der Waals surface area contributed by atoms with Crippen molar-refractivity contribution in [3.8, 4) is 5.75 Å². The van der Waals surface area contributed by atoms with Crippen molar-refractivity contribution in [3.63, 3.8) is 0 Å². The molecule has 2 aromatic rings. The summed E-state index contributed by atoms with van der Waals surface area (Å²) >= 11 is 0. The van der Waals surface area contributed by atoms with Gasteiger partial charge in [0.1, 0.15) is 5.75 Å². The van der Waals surface area contributed by atoms with Gasteiger partial charge in [0.2, 0.25) is 5.91 Å². The van der Waals surface area contributed by atoms with Crippen LogP contribution in [0.2, 0.25) is 0 Å². The number of amides is 2. The number of benzene rings is 2. The fraction of sp³-hybridized carbons (Fsp3) is 0.222. The third kappa shape index (κ3) is 5.14. The lowest BCUT2D eigenvalue weighted by molar-refractivity contribution is -0.123. The molecule has 23 heavy (non-hydrogen) atoms. The van der Waals surface area contributed by atoms with Gasteiger partial charge in [-0.05, 0) is 30.2 Å². The summed E-state index contributed by atoms with van der Waals surface area (Å²) in [4.78, 5) is 23.1. The fourth-order valence-electron chi connectivity index (χ4n) is 2.08. The summed E-state index contributed by atoms with van der Waals surface area (Å²) in [6.45, 7) is 3.78. The van der Waals surface area contributed by atoms with E-state index in [0.717, 1.165) is 11.1 Å². The minimum Gasteiger partial charge on any atom is -0.482 e. The van der Waals surface area contributed by atoms with Crippen LogP contribution in [0.1, 0.15) is 18.1 Å². The fourth-order valence-corrected chi connectivity index (χ4v) is 2.08. The molecule has 2 amide bonds. The molecule has 5 heteroatoms. The summed E-state index contributed by atoms with van der Waals surface area (Å²) in [5.41, 5.74) is 2.75. The molecule has 0 aliphatic rings. The molecule has 0 heterocycles. The van der Waals surface area contributed by atoms with Crippen LogP contribution in [0.25, 0.3) is 0 Å². The van der Waals surface area contributed by atoms with Crippen molar-refractivity contribution in [2.24, 2.45) is 0 Å². The molecule has 120 valence electrons. The Kier molecular flexibility index (Phi) is 5.74. The van der Waals surface area contributed by atoms with Crippen LogP contribution in [0.5, 0.6) is 5.75 Å². The number of carbonyl (C=O) groups excluding carboxylic acids is 2. The quantitative estimate of drug-likeness (QED) is 0.861. The number of hydrogen-bond donors (Lipinski definition) is 2. The number of ether oxygens (including phenoxy) is 1. The molecule has 0 spiro atoms. The van der Waals surface area contributed by atoms with Gasteiger partial charge < -0.3 is 15.4 Å². The summed E-state index contributed by atoms with van der Waals surface area (Å²) < 4.78 is 5.49. The van der Waals surface area contributed by atoms with E-state index in [1.165, 1.54) is 6.92 Å². The van der Waals surface area contributed by atoms with E-state index in [4.69, 9.17) is 4.74 Å². The molecule has 0 unspecified atom stereocenters. The molecule has 0 aliphatic carbocycles. The maximum atomic E-state index is 11.9. The van der Waals surface area contributed by atoms with Gasteiger partial charge in [-0.15, -0.1) is 0 Å². The summed E-state index contributed by atoms with van der Waals surface area (Å²) in [6, 6.07) is 14.9. The number of aryl methyl sites for hydroxylation is 1. The van der Waals surface area contributed by atoms with Gasteiger partial charge >= 0.3 is 0 Å². The SMILES string of the molecule is CC(=O)Nc1ccccc1OCC(=O)NCc1ccccc1C. The molecular formula is C18H20N2O3. The first-order valence-electron chi connectivity index (χ1n) is 7.37. The molecule has 0 bridgehead atoms. The largest absolute Gasteiger partial charge is 0.482 e. The van der Waals surface area contributed by atoms with Crippen LogP contribution in [0.4, 0.5) is 5.69 Å². The van der Waals surface area contributed by atoms with E-state index >= 15 is 0 Å². The molecule has 0 saturated carbocycles. The molecule has 0 saturated heterocycles. The van der Waals surface area contributed by atoms with Gasteiger partial charge in [-0.1, -0.05) is 36.4 Å². The van der Waals surface area contributed by atoms with E-state index in [2.05, 4.69) is 10.6 Å². The Hall–Kier alpha value is -2.82. The average molecular weight is 312 g/mol. The smallest absolute Gasteiger partial charge is 0.258 e. The highest BCUT2D eigenvalue weighted by Crippen LogP contribution is 2.23. The summed E-state index contributed by atoms with van der Waals surface area (Å²) in [6.07, 6.45) is 0. The lowest BCUT2D eigenvalue weighted by atomic mass is 10.1. The zero-order valence-electron chi connectivity index (χ0n) is 13.3. The zero-order valence-corrected chi connectivity index (χ0v) is 13.3. The first-order valence-corrected chi connectivity index (χ1v) is 7.37. The highest BCUT2D eigenvalue weighted by Gasteiger charge is 2.08. The Morgan fingerprint density at radius 1 is 1.04 bits per heavy atom. The van der Waals surface area contributed by atoms with Gasteiger partial charge in [0.15, 0.2) is 6.61 Å². The van der Waals surface area contributed by atoms with Crippen molar-refractivity contribution in [1.82, 2.24) is 5.32 Å². The lowest BCUT2D eigenvalue weighted by Crippen LogP contribution is -2.28. The number of para-hydroxylation sites is 2. The first kappa shape index (κ1) is 16.5. The minimum absolute atomic E-state index is 0.109. The van der Waals surface area contributed by atoms with Crippen molar-refractivity contribution in [2.45, 2.75) is 20.4 Å².